The molecule has 0 spiro atoms. The number of aromatic nitrogens is 3. The molecule has 0 fully saturated rings. The number of methoxy groups -OCH3 is 1. The molecule has 5 heteroatoms. The molecule has 0 aromatic carbocycles. The number of nitrogens with zero attached hydrogens (tertiary/aromatic N) is 3. The summed E-state index contributed by atoms with van der Waals surface area (Å²) >= 11 is 0. The van der Waals surface area contributed by atoms with E-state index in [1.807, 2.05) is 30.1 Å². The maximum Gasteiger partial charge on any atom is 0.137 e. The molecule has 2 aromatic heterocycles. The Hall–Kier alpha value is -2.04. The fraction of sp³-hybridized carbons (Fsp3) is 0.385. The Kier molecular flexibility index (Phi) is 3.82. The van der Waals surface area contributed by atoms with Crippen LogP contribution >= 0.6 is 0 Å². The molecule has 2 rings (SSSR count). The molecule has 2 heterocycles. The molecule has 0 radical (unpaired) electrons. The average Bonchev–Trinajstić information content (AvgIpc) is 2.77. The molecule has 0 aliphatic heterocycles. The summed E-state index contributed by atoms with van der Waals surface area (Å²) in [4.78, 5) is 4.26. The van der Waals surface area contributed by atoms with Crippen molar-refractivity contribution in [3.05, 3.63) is 35.8 Å². The van der Waals surface area contributed by atoms with Gasteiger partial charge in [0.15, 0.2) is 0 Å². The second-order valence-electron chi connectivity index (χ2n) is 4.07. The molecule has 96 valence electrons. The van der Waals surface area contributed by atoms with E-state index in [0.717, 1.165) is 30.2 Å². The number of hydrogen-bond acceptors (Lipinski definition) is 4. The van der Waals surface area contributed by atoms with Crippen LogP contribution in [-0.4, -0.2) is 21.9 Å². The molecule has 0 bridgehead atoms. The van der Waals surface area contributed by atoms with Gasteiger partial charge in [-0.15, -0.1) is 0 Å². The van der Waals surface area contributed by atoms with Gasteiger partial charge in [-0.05, 0) is 18.6 Å². The Morgan fingerprint density at radius 2 is 2.22 bits per heavy atom. The third kappa shape index (κ3) is 2.80. The van der Waals surface area contributed by atoms with E-state index in [2.05, 4.69) is 22.3 Å². The highest BCUT2D eigenvalue weighted by atomic mass is 16.5. The van der Waals surface area contributed by atoms with Crippen LogP contribution in [0.3, 0.4) is 0 Å². The zero-order valence-electron chi connectivity index (χ0n) is 11.0. The fourth-order valence-corrected chi connectivity index (χ4v) is 1.82. The summed E-state index contributed by atoms with van der Waals surface area (Å²) < 4.78 is 6.91. The summed E-state index contributed by atoms with van der Waals surface area (Å²) in [5.74, 6) is 1.60. The Morgan fingerprint density at radius 3 is 2.83 bits per heavy atom. The summed E-state index contributed by atoms with van der Waals surface area (Å²) in [5.41, 5.74) is 2.33. The minimum Gasteiger partial charge on any atom is -0.495 e. The molecule has 1 N–H and O–H groups in total. The van der Waals surface area contributed by atoms with Gasteiger partial charge in [-0.1, -0.05) is 6.92 Å². The number of pyridine rings is 1. The van der Waals surface area contributed by atoms with Crippen LogP contribution in [0.5, 0.6) is 5.75 Å². The van der Waals surface area contributed by atoms with E-state index in [1.165, 1.54) is 5.56 Å². The van der Waals surface area contributed by atoms with Crippen molar-refractivity contribution in [1.82, 2.24) is 14.8 Å². The lowest BCUT2D eigenvalue weighted by atomic mass is 10.2. The van der Waals surface area contributed by atoms with Gasteiger partial charge in [0.05, 0.1) is 19.0 Å². The predicted octanol–water partition coefficient (Wildman–Crippen LogP) is 2.00. The molecule has 0 aliphatic carbocycles. The lowest BCUT2D eigenvalue weighted by Crippen LogP contribution is -2.02. The normalized spacial score (nSPS) is 10.4. The Bertz CT molecular complexity index is 504. The molecule has 0 saturated heterocycles. The minimum atomic E-state index is 0.732. The molecule has 0 unspecified atom stereocenters. The highest BCUT2D eigenvalue weighted by Gasteiger charge is 2.05. The van der Waals surface area contributed by atoms with Crippen molar-refractivity contribution >= 4 is 5.82 Å². The highest BCUT2D eigenvalue weighted by Crippen LogP contribution is 2.13. The number of anilines is 1. The van der Waals surface area contributed by atoms with E-state index in [1.54, 1.807) is 13.3 Å². The summed E-state index contributed by atoms with van der Waals surface area (Å²) in [6, 6.07) is 3.79. The Labute approximate surface area is 107 Å². The lowest BCUT2D eigenvalue weighted by Gasteiger charge is -2.05. The van der Waals surface area contributed by atoms with Crippen LogP contribution in [0.2, 0.25) is 0 Å². The van der Waals surface area contributed by atoms with Gasteiger partial charge in [0, 0.05) is 25.4 Å². The molecule has 18 heavy (non-hydrogen) atoms. The van der Waals surface area contributed by atoms with Gasteiger partial charge >= 0.3 is 0 Å². The summed E-state index contributed by atoms with van der Waals surface area (Å²) in [6.45, 7) is 2.84. The molecular formula is C13H18N4O. The number of hydrogen-bond donors (Lipinski definition) is 1. The van der Waals surface area contributed by atoms with Crippen molar-refractivity contribution in [2.45, 2.75) is 19.9 Å². The second-order valence-corrected chi connectivity index (χ2v) is 4.07. The fourth-order valence-electron chi connectivity index (χ4n) is 1.82. The van der Waals surface area contributed by atoms with Crippen LogP contribution in [0.25, 0.3) is 0 Å². The maximum absolute atomic E-state index is 5.07. The zero-order valence-corrected chi connectivity index (χ0v) is 11.0. The number of ether oxygens (including phenoxy) is 1. The van der Waals surface area contributed by atoms with E-state index < -0.39 is 0 Å². The first-order valence-electron chi connectivity index (χ1n) is 5.98. The van der Waals surface area contributed by atoms with Crippen LogP contribution in [0.4, 0.5) is 5.82 Å². The first-order chi connectivity index (χ1) is 8.72. The van der Waals surface area contributed by atoms with E-state index in [0.29, 0.717) is 0 Å². The van der Waals surface area contributed by atoms with Crippen LogP contribution in [0.1, 0.15) is 18.2 Å². The molecule has 5 nitrogen and oxygen atoms in total. The SMILES string of the molecule is CCc1nn(C)cc1CNc1ccc(OC)cn1. The van der Waals surface area contributed by atoms with Gasteiger partial charge in [-0.2, -0.15) is 5.10 Å². The van der Waals surface area contributed by atoms with Crippen LogP contribution in [-0.2, 0) is 20.0 Å². The predicted molar refractivity (Wildman–Crippen MR) is 70.7 cm³/mol. The van der Waals surface area contributed by atoms with Crippen molar-refractivity contribution in [3.8, 4) is 5.75 Å². The minimum absolute atomic E-state index is 0.732. The quantitative estimate of drug-likeness (QED) is 0.876. The number of nitrogens with one attached hydrogen (secondary N) is 1. The smallest absolute Gasteiger partial charge is 0.137 e. The van der Waals surface area contributed by atoms with Gasteiger partial charge in [0.1, 0.15) is 11.6 Å². The van der Waals surface area contributed by atoms with Crippen molar-refractivity contribution < 1.29 is 4.74 Å². The van der Waals surface area contributed by atoms with Crippen molar-refractivity contribution in [3.63, 3.8) is 0 Å². The summed E-state index contributed by atoms with van der Waals surface area (Å²) in [5, 5.41) is 7.69. The molecule has 0 saturated carbocycles. The molecular weight excluding hydrogens is 228 g/mol. The van der Waals surface area contributed by atoms with Gasteiger partial charge in [0.25, 0.3) is 0 Å². The first-order valence-corrected chi connectivity index (χ1v) is 5.98. The molecule has 0 amide bonds. The van der Waals surface area contributed by atoms with Gasteiger partial charge in [0.2, 0.25) is 0 Å². The van der Waals surface area contributed by atoms with Crippen LogP contribution in [0.15, 0.2) is 24.5 Å². The standard InChI is InChI=1S/C13H18N4O/c1-4-12-10(9-17(2)16-12)7-14-13-6-5-11(18-3)8-15-13/h5-6,8-9H,4,7H2,1-3H3,(H,14,15). The zero-order chi connectivity index (χ0) is 13.0. The summed E-state index contributed by atoms with van der Waals surface area (Å²) in [7, 11) is 3.57. The molecule has 0 aliphatic rings. The highest BCUT2D eigenvalue weighted by molar-refractivity contribution is 5.38. The van der Waals surface area contributed by atoms with E-state index >= 15 is 0 Å². The molecule has 0 atom stereocenters. The number of rotatable bonds is 5. The van der Waals surface area contributed by atoms with Gasteiger partial charge in [-0.25, -0.2) is 4.98 Å². The van der Waals surface area contributed by atoms with Crippen LogP contribution in [0, 0.1) is 0 Å². The maximum atomic E-state index is 5.07. The van der Waals surface area contributed by atoms with Crippen LogP contribution < -0.4 is 10.1 Å². The lowest BCUT2D eigenvalue weighted by molar-refractivity contribution is 0.413. The first kappa shape index (κ1) is 12.4. The summed E-state index contributed by atoms with van der Waals surface area (Å²) in [6.07, 6.45) is 4.68. The topological polar surface area (TPSA) is 52.0 Å². The monoisotopic (exact) mass is 246 g/mol. The van der Waals surface area contributed by atoms with Gasteiger partial charge in [-0.3, -0.25) is 4.68 Å². The number of aryl methyl sites for hydroxylation is 2. The third-order valence-electron chi connectivity index (χ3n) is 2.76. The van der Waals surface area contributed by atoms with Crippen molar-refractivity contribution in [2.24, 2.45) is 7.05 Å². The van der Waals surface area contributed by atoms with Crippen molar-refractivity contribution in [1.29, 1.82) is 0 Å². The van der Waals surface area contributed by atoms with E-state index in [9.17, 15) is 0 Å². The van der Waals surface area contributed by atoms with Crippen molar-refractivity contribution in [2.75, 3.05) is 12.4 Å². The van der Waals surface area contributed by atoms with E-state index in [4.69, 9.17) is 4.74 Å². The van der Waals surface area contributed by atoms with E-state index in [-0.39, 0.29) is 0 Å². The second kappa shape index (κ2) is 5.53. The molecule has 2 aromatic rings. The largest absolute Gasteiger partial charge is 0.495 e. The third-order valence-corrected chi connectivity index (χ3v) is 2.76. The van der Waals surface area contributed by atoms with Gasteiger partial charge < -0.3 is 10.1 Å². The Balaban J connectivity index is 2.01. The average molecular weight is 246 g/mol. The Morgan fingerprint density at radius 1 is 1.39 bits per heavy atom.